The number of hydrogen-bond donors (Lipinski definition) is 1. The first-order valence-electron chi connectivity index (χ1n) is 10.1. The third-order valence-electron chi connectivity index (χ3n) is 5.54. The number of benzene rings is 3. The summed E-state index contributed by atoms with van der Waals surface area (Å²) in [5.41, 5.74) is 9.02. The summed E-state index contributed by atoms with van der Waals surface area (Å²) < 4.78 is 29.3. The van der Waals surface area contributed by atoms with Gasteiger partial charge in [-0.25, -0.2) is 0 Å². The average molecular weight is 507 g/mol. The minimum absolute atomic E-state index is 0.0587. The largest absolute Gasteiger partial charge is 0.493 e. The first-order valence-corrected chi connectivity index (χ1v) is 10.9. The average Bonchev–Trinajstić information content (AvgIpc) is 3.29. The molecule has 3 aromatic carbocycles. The van der Waals surface area contributed by atoms with Crippen LogP contribution in [0.4, 0.5) is 0 Å². The van der Waals surface area contributed by atoms with Gasteiger partial charge in [0, 0.05) is 16.1 Å². The van der Waals surface area contributed by atoms with Gasteiger partial charge in [-0.1, -0.05) is 34.1 Å². The lowest BCUT2D eigenvalue weighted by atomic mass is 9.83. The second-order valence-corrected chi connectivity index (χ2v) is 8.41. The van der Waals surface area contributed by atoms with Crippen LogP contribution in [0, 0.1) is 11.3 Å². The number of methoxy groups -OCH3 is 1. The SMILES string of the molecule is COc1cc([C@@H]2C(C#N)=C(N)Oc3cc4c(cc32)OCO4)ccc1OCc1ccc(Br)cc1. The second-order valence-electron chi connectivity index (χ2n) is 7.49. The van der Waals surface area contributed by atoms with E-state index in [1.165, 1.54) is 0 Å². The van der Waals surface area contributed by atoms with Crippen LogP contribution in [-0.4, -0.2) is 13.9 Å². The van der Waals surface area contributed by atoms with Crippen LogP contribution < -0.4 is 29.4 Å². The maximum Gasteiger partial charge on any atom is 0.231 e. The molecule has 2 aliphatic rings. The van der Waals surface area contributed by atoms with Crippen LogP contribution in [0.15, 0.2) is 70.5 Å². The zero-order valence-electron chi connectivity index (χ0n) is 17.6. The highest BCUT2D eigenvalue weighted by atomic mass is 79.9. The van der Waals surface area contributed by atoms with E-state index in [1.54, 1.807) is 13.2 Å². The molecule has 0 saturated carbocycles. The molecule has 0 fully saturated rings. The molecule has 1 atom stereocenters. The third-order valence-corrected chi connectivity index (χ3v) is 6.07. The molecule has 0 amide bonds. The molecule has 0 aromatic heterocycles. The van der Waals surface area contributed by atoms with Gasteiger partial charge in [0.1, 0.15) is 24.0 Å². The Hall–Kier alpha value is -3.83. The Labute approximate surface area is 199 Å². The highest BCUT2D eigenvalue weighted by molar-refractivity contribution is 9.10. The van der Waals surface area contributed by atoms with Crippen LogP contribution in [0.25, 0.3) is 0 Å². The second kappa shape index (κ2) is 8.60. The van der Waals surface area contributed by atoms with Gasteiger partial charge in [-0.15, -0.1) is 0 Å². The molecule has 0 radical (unpaired) electrons. The minimum atomic E-state index is -0.456. The molecule has 3 aromatic rings. The highest BCUT2D eigenvalue weighted by Crippen LogP contribution is 2.48. The number of nitriles is 1. The van der Waals surface area contributed by atoms with E-state index in [0.29, 0.717) is 40.9 Å². The molecule has 166 valence electrons. The summed E-state index contributed by atoms with van der Waals surface area (Å²) in [5.74, 6) is 2.45. The lowest BCUT2D eigenvalue weighted by molar-refractivity contribution is 0.174. The Morgan fingerprint density at radius 1 is 1.03 bits per heavy atom. The molecule has 0 unspecified atom stereocenters. The lowest BCUT2D eigenvalue weighted by Crippen LogP contribution is -2.21. The van der Waals surface area contributed by atoms with E-state index in [-0.39, 0.29) is 12.7 Å². The molecule has 0 aliphatic carbocycles. The summed E-state index contributed by atoms with van der Waals surface area (Å²) in [6, 6.07) is 19.2. The molecule has 0 saturated heterocycles. The van der Waals surface area contributed by atoms with Crippen molar-refractivity contribution in [3.8, 4) is 34.8 Å². The molecule has 5 rings (SSSR count). The zero-order chi connectivity index (χ0) is 22.9. The van der Waals surface area contributed by atoms with Crippen LogP contribution in [-0.2, 0) is 6.61 Å². The van der Waals surface area contributed by atoms with Crippen molar-refractivity contribution in [1.29, 1.82) is 5.26 Å². The van der Waals surface area contributed by atoms with E-state index in [2.05, 4.69) is 22.0 Å². The molecule has 2 heterocycles. The van der Waals surface area contributed by atoms with Gasteiger partial charge in [0.15, 0.2) is 23.0 Å². The minimum Gasteiger partial charge on any atom is -0.493 e. The number of halogens is 1. The monoisotopic (exact) mass is 506 g/mol. The van der Waals surface area contributed by atoms with Gasteiger partial charge in [0.2, 0.25) is 12.7 Å². The maximum absolute atomic E-state index is 9.84. The van der Waals surface area contributed by atoms with E-state index in [1.807, 2.05) is 48.5 Å². The number of nitrogens with two attached hydrogens (primary N) is 1. The van der Waals surface area contributed by atoms with Crippen LogP contribution in [0.2, 0.25) is 0 Å². The van der Waals surface area contributed by atoms with Crippen molar-refractivity contribution in [3.63, 3.8) is 0 Å². The fourth-order valence-corrected chi connectivity index (χ4v) is 4.18. The fraction of sp³-hybridized carbons (Fsp3) is 0.160. The van der Waals surface area contributed by atoms with Crippen LogP contribution in [0.3, 0.4) is 0 Å². The lowest BCUT2D eigenvalue weighted by Gasteiger charge is -2.27. The summed E-state index contributed by atoms with van der Waals surface area (Å²) in [6.45, 7) is 0.526. The van der Waals surface area contributed by atoms with Gasteiger partial charge < -0.3 is 29.4 Å². The van der Waals surface area contributed by atoms with Gasteiger partial charge in [-0.05, 0) is 41.5 Å². The summed E-state index contributed by atoms with van der Waals surface area (Å²) >= 11 is 3.43. The molecule has 8 heteroatoms. The van der Waals surface area contributed by atoms with E-state index in [4.69, 9.17) is 29.4 Å². The first kappa shape index (κ1) is 21.0. The van der Waals surface area contributed by atoms with Crippen LogP contribution in [0.5, 0.6) is 28.7 Å². The number of hydrogen-bond acceptors (Lipinski definition) is 7. The first-order chi connectivity index (χ1) is 16.1. The van der Waals surface area contributed by atoms with Crippen molar-refractivity contribution in [1.82, 2.24) is 0 Å². The molecule has 33 heavy (non-hydrogen) atoms. The van der Waals surface area contributed by atoms with Crippen molar-refractivity contribution in [2.45, 2.75) is 12.5 Å². The van der Waals surface area contributed by atoms with Crippen molar-refractivity contribution in [3.05, 3.63) is 87.2 Å². The Bertz CT molecular complexity index is 1300. The summed E-state index contributed by atoms with van der Waals surface area (Å²) in [5, 5.41) is 9.84. The molecule has 0 spiro atoms. The van der Waals surface area contributed by atoms with Gasteiger partial charge in [-0.2, -0.15) is 5.26 Å². The highest BCUT2D eigenvalue weighted by Gasteiger charge is 2.33. The summed E-state index contributed by atoms with van der Waals surface area (Å²) in [7, 11) is 1.58. The van der Waals surface area contributed by atoms with Crippen molar-refractivity contribution in [2.75, 3.05) is 13.9 Å². The van der Waals surface area contributed by atoms with E-state index in [0.717, 1.165) is 21.2 Å². The third kappa shape index (κ3) is 3.92. The van der Waals surface area contributed by atoms with Crippen molar-refractivity contribution >= 4 is 15.9 Å². The van der Waals surface area contributed by atoms with Gasteiger partial charge in [0.05, 0.1) is 13.0 Å². The quantitative estimate of drug-likeness (QED) is 0.520. The Morgan fingerprint density at radius 2 is 1.79 bits per heavy atom. The summed E-state index contributed by atoms with van der Waals surface area (Å²) in [4.78, 5) is 0. The van der Waals surface area contributed by atoms with Crippen molar-refractivity contribution in [2.24, 2.45) is 5.73 Å². The van der Waals surface area contributed by atoms with Crippen LogP contribution in [0.1, 0.15) is 22.6 Å². The standard InChI is InChI=1S/C25H19BrN2O5/c1-29-21-8-15(4-7-19(21)30-12-14-2-5-16(26)6-3-14)24-17-9-22-23(32-13-31-22)10-20(17)33-25(28)18(24)11-27/h2-10,24H,12-13,28H2,1H3/t24-/m0/s1. The van der Waals surface area contributed by atoms with Crippen LogP contribution >= 0.6 is 15.9 Å². The number of rotatable bonds is 5. The normalized spacial score (nSPS) is 16.0. The van der Waals surface area contributed by atoms with E-state index >= 15 is 0 Å². The number of allylic oxidation sites excluding steroid dienone is 1. The number of fused-ring (bicyclic) bond motifs is 2. The Kier molecular flexibility index (Phi) is 5.48. The Balaban J connectivity index is 1.50. The number of nitrogens with zero attached hydrogens (tertiary/aromatic N) is 1. The molecule has 2 aliphatic heterocycles. The number of ether oxygens (including phenoxy) is 5. The topological polar surface area (TPSA) is 96.0 Å². The predicted molar refractivity (Wildman–Crippen MR) is 123 cm³/mol. The molecule has 0 bridgehead atoms. The molecular weight excluding hydrogens is 488 g/mol. The van der Waals surface area contributed by atoms with E-state index < -0.39 is 5.92 Å². The zero-order valence-corrected chi connectivity index (χ0v) is 19.2. The van der Waals surface area contributed by atoms with Gasteiger partial charge >= 0.3 is 0 Å². The maximum atomic E-state index is 9.84. The molecular formula is C25H19BrN2O5. The van der Waals surface area contributed by atoms with E-state index in [9.17, 15) is 5.26 Å². The van der Waals surface area contributed by atoms with Gasteiger partial charge in [0.25, 0.3) is 0 Å². The Morgan fingerprint density at radius 3 is 2.52 bits per heavy atom. The van der Waals surface area contributed by atoms with Gasteiger partial charge in [-0.3, -0.25) is 0 Å². The molecule has 7 nitrogen and oxygen atoms in total. The fourth-order valence-electron chi connectivity index (χ4n) is 3.91. The smallest absolute Gasteiger partial charge is 0.231 e. The summed E-state index contributed by atoms with van der Waals surface area (Å²) in [6.07, 6.45) is 0. The van der Waals surface area contributed by atoms with Crippen molar-refractivity contribution < 1.29 is 23.7 Å². The molecule has 2 N–H and O–H groups in total. The predicted octanol–water partition coefficient (Wildman–Crippen LogP) is 4.98.